The summed E-state index contributed by atoms with van der Waals surface area (Å²) in [6.45, 7) is 0.231. The number of hydrogen-bond acceptors (Lipinski definition) is 8. The first-order valence-corrected chi connectivity index (χ1v) is 7.58. The zero-order valence-electron chi connectivity index (χ0n) is 13.4. The lowest BCUT2D eigenvalue weighted by molar-refractivity contribution is 0.174. The van der Waals surface area contributed by atoms with Crippen molar-refractivity contribution in [2.75, 3.05) is 24.5 Å². The van der Waals surface area contributed by atoms with E-state index in [1.54, 1.807) is 7.11 Å². The van der Waals surface area contributed by atoms with Crippen molar-refractivity contribution in [2.45, 2.75) is 0 Å². The summed E-state index contributed by atoms with van der Waals surface area (Å²) in [4.78, 5) is 4.41. The minimum Gasteiger partial charge on any atom is -0.495 e. The normalized spacial score (nSPS) is 11.9. The molecular weight excluding hydrogens is 322 g/mol. The summed E-state index contributed by atoms with van der Waals surface area (Å²) in [7, 11) is 1.62. The third-order valence-corrected chi connectivity index (χ3v) is 3.56. The Bertz CT molecular complexity index is 903. The minimum atomic E-state index is 0.231. The molecule has 8 nitrogen and oxygen atoms in total. The third kappa shape index (κ3) is 3.23. The zero-order valence-corrected chi connectivity index (χ0v) is 13.4. The van der Waals surface area contributed by atoms with Gasteiger partial charge in [-0.1, -0.05) is 12.1 Å². The fraction of sp³-hybridized carbons (Fsp3) is 0.118. The predicted molar refractivity (Wildman–Crippen MR) is 92.0 cm³/mol. The van der Waals surface area contributed by atoms with E-state index in [1.165, 1.54) is 6.20 Å². The van der Waals surface area contributed by atoms with Crippen LogP contribution in [0.4, 0.5) is 23.1 Å². The lowest BCUT2D eigenvalue weighted by atomic mass is 10.3. The van der Waals surface area contributed by atoms with Crippen molar-refractivity contribution in [1.29, 1.82) is 0 Å². The summed E-state index contributed by atoms with van der Waals surface area (Å²) < 4.78 is 16.0. The van der Waals surface area contributed by atoms with Gasteiger partial charge in [-0.3, -0.25) is 0 Å². The number of fused-ring (bicyclic) bond motifs is 1. The van der Waals surface area contributed by atoms with Gasteiger partial charge in [0.2, 0.25) is 12.7 Å². The van der Waals surface area contributed by atoms with Crippen molar-refractivity contribution in [2.24, 2.45) is 0 Å². The maximum absolute atomic E-state index is 5.36. The quantitative estimate of drug-likeness (QED) is 0.734. The van der Waals surface area contributed by atoms with Gasteiger partial charge in [0.05, 0.1) is 19.0 Å². The average molecular weight is 337 g/mol. The molecule has 1 aliphatic heterocycles. The van der Waals surface area contributed by atoms with E-state index in [1.807, 2.05) is 42.5 Å². The van der Waals surface area contributed by atoms with Gasteiger partial charge in [0, 0.05) is 11.8 Å². The molecule has 4 rings (SSSR count). The van der Waals surface area contributed by atoms with Crippen molar-refractivity contribution < 1.29 is 14.2 Å². The van der Waals surface area contributed by atoms with Gasteiger partial charge in [0.15, 0.2) is 17.3 Å². The van der Waals surface area contributed by atoms with Crippen molar-refractivity contribution in [3.05, 3.63) is 48.7 Å². The molecule has 0 amide bonds. The molecular formula is C17H15N5O3. The lowest BCUT2D eigenvalue weighted by Crippen LogP contribution is -2.03. The number of methoxy groups -OCH3 is 1. The maximum Gasteiger partial charge on any atom is 0.249 e. The summed E-state index contributed by atoms with van der Waals surface area (Å²) in [5.41, 5.74) is 1.57. The first-order chi connectivity index (χ1) is 12.3. The van der Waals surface area contributed by atoms with Crippen LogP contribution >= 0.6 is 0 Å². The monoisotopic (exact) mass is 337 g/mol. The highest BCUT2D eigenvalue weighted by atomic mass is 16.7. The second-order valence-electron chi connectivity index (χ2n) is 5.18. The van der Waals surface area contributed by atoms with Crippen molar-refractivity contribution in [1.82, 2.24) is 15.2 Å². The van der Waals surface area contributed by atoms with Crippen molar-refractivity contribution in [3.8, 4) is 17.2 Å². The van der Waals surface area contributed by atoms with Crippen LogP contribution in [-0.2, 0) is 0 Å². The van der Waals surface area contributed by atoms with E-state index >= 15 is 0 Å². The molecule has 0 saturated heterocycles. The van der Waals surface area contributed by atoms with E-state index in [9.17, 15) is 0 Å². The van der Waals surface area contributed by atoms with Crippen molar-refractivity contribution >= 4 is 23.1 Å². The van der Waals surface area contributed by atoms with Crippen LogP contribution in [0, 0.1) is 0 Å². The van der Waals surface area contributed by atoms with Crippen LogP contribution in [0.2, 0.25) is 0 Å². The fourth-order valence-corrected chi connectivity index (χ4v) is 2.41. The highest BCUT2D eigenvalue weighted by Gasteiger charge is 2.13. The molecule has 25 heavy (non-hydrogen) atoms. The van der Waals surface area contributed by atoms with Gasteiger partial charge in [-0.2, -0.15) is 10.1 Å². The number of benzene rings is 2. The Morgan fingerprint density at radius 3 is 2.84 bits per heavy atom. The van der Waals surface area contributed by atoms with Crippen LogP contribution in [0.1, 0.15) is 0 Å². The number of para-hydroxylation sites is 2. The van der Waals surface area contributed by atoms with Gasteiger partial charge >= 0.3 is 0 Å². The van der Waals surface area contributed by atoms with E-state index in [2.05, 4.69) is 25.8 Å². The van der Waals surface area contributed by atoms with Crippen LogP contribution in [0.25, 0.3) is 0 Å². The molecule has 2 N–H and O–H groups in total. The minimum absolute atomic E-state index is 0.231. The van der Waals surface area contributed by atoms with E-state index in [0.29, 0.717) is 23.3 Å². The molecule has 0 fully saturated rings. The maximum atomic E-state index is 5.36. The molecule has 0 atom stereocenters. The molecule has 126 valence electrons. The number of nitrogens with zero attached hydrogens (tertiary/aromatic N) is 3. The number of ether oxygens (including phenoxy) is 3. The zero-order chi connectivity index (χ0) is 17.1. The summed E-state index contributed by atoms with van der Waals surface area (Å²) in [5.74, 6) is 3.02. The van der Waals surface area contributed by atoms with E-state index in [-0.39, 0.29) is 6.79 Å². The smallest absolute Gasteiger partial charge is 0.249 e. The molecule has 0 unspecified atom stereocenters. The van der Waals surface area contributed by atoms with Gasteiger partial charge < -0.3 is 24.8 Å². The van der Waals surface area contributed by atoms with Crippen molar-refractivity contribution in [3.63, 3.8) is 0 Å². The summed E-state index contributed by atoms with van der Waals surface area (Å²) in [5, 5.41) is 14.2. The molecule has 1 aromatic heterocycles. The first kappa shape index (κ1) is 15.0. The topological polar surface area (TPSA) is 90.4 Å². The van der Waals surface area contributed by atoms with Gasteiger partial charge in [0.25, 0.3) is 0 Å². The highest BCUT2D eigenvalue weighted by molar-refractivity contribution is 5.65. The number of hydrogen-bond donors (Lipinski definition) is 2. The van der Waals surface area contributed by atoms with Crippen LogP contribution in [0.5, 0.6) is 17.2 Å². The van der Waals surface area contributed by atoms with Gasteiger partial charge in [-0.15, -0.1) is 5.10 Å². The SMILES string of the molecule is COc1ccccc1Nc1cnnc(Nc2ccc3c(c2)OCO3)n1. The van der Waals surface area contributed by atoms with E-state index in [4.69, 9.17) is 14.2 Å². The molecule has 0 radical (unpaired) electrons. The molecule has 0 saturated carbocycles. The highest BCUT2D eigenvalue weighted by Crippen LogP contribution is 2.34. The average Bonchev–Trinajstić information content (AvgIpc) is 3.10. The molecule has 0 bridgehead atoms. The number of anilines is 4. The Hall–Kier alpha value is -3.55. The Morgan fingerprint density at radius 1 is 1.04 bits per heavy atom. The van der Waals surface area contributed by atoms with Gasteiger partial charge in [-0.25, -0.2) is 0 Å². The second kappa shape index (κ2) is 6.52. The predicted octanol–water partition coefficient (Wildman–Crippen LogP) is 3.10. The molecule has 0 aliphatic carbocycles. The van der Waals surface area contributed by atoms with Crippen LogP contribution in [-0.4, -0.2) is 29.1 Å². The summed E-state index contributed by atoms with van der Waals surface area (Å²) >= 11 is 0. The van der Waals surface area contributed by atoms with Crippen LogP contribution in [0.15, 0.2) is 48.7 Å². The molecule has 0 spiro atoms. The Kier molecular flexibility index (Phi) is 3.91. The van der Waals surface area contributed by atoms with E-state index < -0.39 is 0 Å². The first-order valence-electron chi connectivity index (χ1n) is 7.58. The Morgan fingerprint density at radius 2 is 1.92 bits per heavy atom. The van der Waals surface area contributed by atoms with Gasteiger partial charge in [0.1, 0.15) is 5.75 Å². The lowest BCUT2D eigenvalue weighted by Gasteiger charge is -2.11. The third-order valence-electron chi connectivity index (χ3n) is 3.56. The second-order valence-corrected chi connectivity index (χ2v) is 5.18. The number of aromatic nitrogens is 3. The van der Waals surface area contributed by atoms with Gasteiger partial charge in [-0.05, 0) is 24.3 Å². The fourth-order valence-electron chi connectivity index (χ4n) is 2.41. The molecule has 3 aromatic rings. The Labute approximate surface area is 143 Å². The standard InChI is InChI=1S/C17H15N5O3/c1-23-13-5-3-2-4-12(13)20-16-9-18-22-17(21-16)19-11-6-7-14-15(8-11)25-10-24-14/h2-9H,10H2,1H3,(H2,19,20,21,22). The summed E-state index contributed by atoms with van der Waals surface area (Å²) in [6.07, 6.45) is 1.54. The number of rotatable bonds is 5. The largest absolute Gasteiger partial charge is 0.495 e. The van der Waals surface area contributed by atoms with Crippen LogP contribution < -0.4 is 24.8 Å². The Balaban J connectivity index is 1.53. The molecule has 1 aliphatic rings. The summed E-state index contributed by atoms with van der Waals surface area (Å²) in [6, 6.07) is 13.1. The molecule has 2 heterocycles. The molecule has 8 heteroatoms. The van der Waals surface area contributed by atoms with E-state index in [0.717, 1.165) is 17.1 Å². The molecule has 2 aromatic carbocycles. The van der Waals surface area contributed by atoms with Crippen LogP contribution in [0.3, 0.4) is 0 Å². The number of nitrogens with one attached hydrogen (secondary N) is 2.